The van der Waals surface area contributed by atoms with Crippen molar-refractivity contribution in [3.63, 3.8) is 0 Å². The SMILES string of the molecule is c1ccc(-c2ccc(-c3nc4ccccc4nc3-c3ccc(-n4c5c6ccccc6ccc5c5cc6c7cc(-c8cccc9nc(-c%10ccc(-n%11c%12c%13ccccc%13ccc%12c%12cc%13c%14ccccc%14n%14c%15ccccc%15c(c%12%11)c%13%14)cc%10)c(-c%10ccccc%10)nc89)ccc7n7c8ccccc8c(c54)c67)cc3)cc2)cc1. The van der Waals surface area contributed by atoms with Crippen LogP contribution in [0.4, 0.5) is 0 Å². The average molecular weight is 1400 g/mol. The summed E-state index contributed by atoms with van der Waals surface area (Å²) in [5.41, 5.74) is 29.2. The van der Waals surface area contributed by atoms with Crippen LogP contribution in [0.1, 0.15) is 0 Å². The number of para-hydroxylation sites is 6. The number of benzene rings is 17. The molecule has 8 heterocycles. The Bertz CT molecular complexity index is 8230. The van der Waals surface area contributed by atoms with E-state index in [1.807, 2.05) is 12.1 Å². The average Bonchev–Trinajstić information content (AvgIpc) is 1.52. The second kappa shape index (κ2) is 22.4. The minimum absolute atomic E-state index is 0.824. The summed E-state index contributed by atoms with van der Waals surface area (Å²) in [5, 5.41) is 19.5. The molecule has 0 atom stereocenters. The van der Waals surface area contributed by atoms with Gasteiger partial charge >= 0.3 is 0 Å². The summed E-state index contributed by atoms with van der Waals surface area (Å²) in [5.74, 6) is 0. The zero-order chi connectivity index (χ0) is 71.6. The van der Waals surface area contributed by atoms with E-state index in [1.165, 1.54) is 136 Å². The monoisotopic (exact) mass is 1390 g/mol. The van der Waals surface area contributed by atoms with Gasteiger partial charge < -0.3 is 17.9 Å². The van der Waals surface area contributed by atoms with E-state index in [2.05, 4.69) is 358 Å². The Kier molecular flexibility index (Phi) is 12.1. The molecule has 0 aliphatic rings. The van der Waals surface area contributed by atoms with Gasteiger partial charge in [0.1, 0.15) is 0 Å². The predicted molar refractivity (Wildman–Crippen MR) is 458 cm³/mol. The first-order valence-corrected chi connectivity index (χ1v) is 37.7. The molecule has 25 rings (SSSR count). The number of aromatic nitrogens is 8. The molecule has 0 radical (unpaired) electrons. The van der Waals surface area contributed by atoms with Crippen molar-refractivity contribution in [2.75, 3.05) is 0 Å². The standard InChI is InChI=1S/C102H58N8/c1-3-20-59(21-4-1)60-38-40-64(41-39-60)92-93(104-84-33-15-14-32-83(84)103-92)65-42-49-68(50-43-65)108-98-72-27-10-8-23-62(72)47-54-75(98)81-58-82-78-56-67(48-55-89(78)110-88-37-18-13-30-77(88)91(100(81)108)102(82)110)70-31-19-34-85-96(70)106-95(63-24-5-2-6-25-63)94(105-85)66-44-51-69(52-45-66)107-97-71-26-9-7-22-61(71)46-53-74(97)80-57-79-73-28-11-16-35-86(73)109-87-36-17-12-29-76(87)90(99(80)107)101(79)109/h1-58H. The van der Waals surface area contributed by atoms with Gasteiger partial charge in [0, 0.05) is 115 Å². The fraction of sp³-hybridized carbons (Fsp3) is 0. The van der Waals surface area contributed by atoms with Crippen molar-refractivity contribution in [3.05, 3.63) is 352 Å². The topological polar surface area (TPSA) is 70.2 Å². The molecule has 17 aromatic carbocycles. The fourth-order valence-corrected chi connectivity index (χ4v) is 19.0. The molecule has 0 unspecified atom stereocenters. The maximum Gasteiger partial charge on any atom is 0.0973 e. The summed E-state index contributed by atoms with van der Waals surface area (Å²) in [6.07, 6.45) is 0. The number of hydrogen-bond acceptors (Lipinski definition) is 4. The zero-order valence-electron chi connectivity index (χ0n) is 59.1. The van der Waals surface area contributed by atoms with E-state index in [9.17, 15) is 0 Å². The van der Waals surface area contributed by atoms with Crippen molar-refractivity contribution >= 4 is 163 Å². The molecule has 25 aromatic rings. The molecule has 0 fully saturated rings. The quantitative estimate of drug-likeness (QED) is 0.152. The maximum absolute atomic E-state index is 5.80. The van der Waals surface area contributed by atoms with Gasteiger partial charge in [-0.3, -0.25) is 0 Å². The Morgan fingerprint density at radius 2 is 0.564 bits per heavy atom. The van der Waals surface area contributed by atoms with Crippen molar-refractivity contribution in [2.24, 2.45) is 0 Å². The van der Waals surface area contributed by atoms with Gasteiger partial charge in [0.25, 0.3) is 0 Å². The highest BCUT2D eigenvalue weighted by molar-refractivity contribution is 6.37. The lowest BCUT2D eigenvalue weighted by Gasteiger charge is -2.15. The van der Waals surface area contributed by atoms with E-state index in [-0.39, 0.29) is 0 Å². The van der Waals surface area contributed by atoms with Crippen LogP contribution in [0.3, 0.4) is 0 Å². The smallest absolute Gasteiger partial charge is 0.0973 e. The minimum atomic E-state index is 0.824. The number of nitrogens with zero attached hydrogens (tertiary/aromatic N) is 8. The lowest BCUT2D eigenvalue weighted by Crippen LogP contribution is -1.98. The second-order valence-electron chi connectivity index (χ2n) is 29.5. The minimum Gasteiger partial charge on any atom is -0.308 e. The van der Waals surface area contributed by atoms with Crippen LogP contribution in [0.2, 0.25) is 0 Å². The molecular weight excluding hydrogens is 1340 g/mol. The Balaban J connectivity index is 0.653. The van der Waals surface area contributed by atoms with Crippen molar-refractivity contribution in [1.82, 2.24) is 37.9 Å². The van der Waals surface area contributed by atoms with Gasteiger partial charge in [0.15, 0.2) is 0 Å². The molecule has 0 aliphatic carbocycles. The summed E-state index contributed by atoms with van der Waals surface area (Å²) in [4.78, 5) is 22.2. The van der Waals surface area contributed by atoms with E-state index in [0.29, 0.717) is 0 Å². The van der Waals surface area contributed by atoms with E-state index in [1.54, 1.807) is 0 Å². The molecule has 8 aromatic heterocycles. The van der Waals surface area contributed by atoms with Crippen LogP contribution < -0.4 is 0 Å². The molecule has 0 amide bonds. The molecule has 110 heavy (non-hydrogen) atoms. The number of hydrogen-bond donors (Lipinski definition) is 0. The van der Waals surface area contributed by atoms with Crippen LogP contribution in [-0.4, -0.2) is 37.9 Å². The number of rotatable bonds is 8. The summed E-state index contributed by atoms with van der Waals surface area (Å²) in [6, 6.07) is 128. The van der Waals surface area contributed by atoms with Gasteiger partial charge in [-0.2, -0.15) is 0 Å². The van der Waals surface area contributed by atoms with Crippen LogP contribution in [0.5, 0.6) is 0 Å². The van der Waals surface area contributed by atoms with Crippen LogP contribution in [-0.2, 0) is 0 Å². The molecule has 8 heteroatoms. The third-order valence-electron chi connectivity index (χ3n) is 23.7. The summed E-state index contributed by atoms with van der Waals surface area (Å²) in [6.45, 7) is 0. The summed E-state index contributed by atoms with van der Waals surface area (Å²) < 4.78 is 10.1. The van der Waals surface area contributed by atoms with Gasteiger partial charge in [0.2, 0.25) is 0 Å². The third kappa shape index (κ3) is 8.22. The Morgan fingerprint density at radius 3 is 1.11 bits per heavy atom. The van der Waals surface area contributed by atoms with Crippen LogP contribution in [0.15, 0.2) is 352 Å². The highest BCUT2D eigenvalue weighted by Crippen LogP contribution is 2.52. The van der Waals surface area contributed by atoms with Gasteiger partial charge in [-0.1, -0.05) is 267 Å². The highest BCUT2D eigenvalue weighted by atomic mass is 15.0. The van der Waals surface area contributed by atoms with E-state index in [4.69, 9.17) is 19.9 Å². The maximum atomic E-state index is 5.80. The first-order valence-electron chi connectivity index (χ1n) is 37.7. The Labute approximate surface area is 627 Å². The van der Waals surface area contributed by atoms with E-state index < -0.39 is 0 Å². The Morgan fingerprint density at radius 1 is 0.191 bits per heavy atom. The molecule has 0 saturated heterocycles. The highest BCUT2D eigenvalue weighted by Gasteiger charge is 2.29. The van der Waals surface area contributed by atoms with Crippen molar-refractivity contribution in [1.29, 1.82) is 0 Å². The van der Waals surface area contributed by atoms with Crippen molar-refractivity contribution < 1.29 is 0 Å². The van der Waals surface area contributed by atoms with Crippen molar-refractivity contribution in [3.8, 4) is 78.7 Å². The summed E-state index contributed by atoms with van der Waals surface area (Å²) in [7, 11) is 0. The lowest BCUT2D eigenvalue weighted by molar-refractivity contribution is 1.19. The molecule has 0 spiro atoms. The van der Waals surface area contributed by atoms with Crippen LogP contribution in [0, 0.1) is 0 Å². The fourth-order valence-electron chi connectivity index (χ4n) is 19.0. The van der Waals surface area contributed by atoms with Gasteiger partial charge in [0.05, 0.1) is 100 Å². The van der Waals surface area contributed by atoms with Gasteiger partial charge in [-0.25, -0.2) is 19.9 Å². The van der Waals surface area contributed by atoms with Gasteiger partial charge in [-0.05, 0) is 112 Å². The second-order valence-corrected chi connectivity index (χ2v) is 29.5. The predicted octanol–water partition coefficient (Wildman–Crippen LogP) is 26.4. The largest absolute Gasteiger partial charge is 0.308 e. The molecule has 0 saturated carbocycles. The first kappa shape index (κ1) is 59.4. The lowest BCUT2D eigenvalue weighted by atomic mass is 9.98. The molecule has 0 aliphatic heterocycles. The number of fused-ring (bicyclic) bond motifs is 26. The van der Waals surface area contributed by atoms with Crippen molar-refractivity contribution in [2.45, 2.75) is 0 Å². The molecular formula is C102H58N8. The van der Waals surface area contributed by atoms with Crippen LogP contribution >= 0.6 is 0 Å². The molecule has 0 N–H and O–H groups in total. The summed E-state index contributed by atoms with van der Waals surface area (Å²) >= 11 is 0. The molecule has 506 valence electrons. The van der Waals surface area contributed by atoms with E-state index >= 15 is 0 Å². The van der Waals surface area contributed by atoms with Crippen LogP contribution in [0.25, 0.3) is 242 Å². The van der Waals surface area contributed by atoms with E-state index in [0.717, 1.165) is 106 Å². The first-order chi connectivity index (χ1) is 54.6. The molecule has 8 nitrogen and oxygen atoms in total. The van der Waals surface area contributed by atoms with Gasteiger partial charge in [-0.15, -0.1) is 0 Å². The zero-order valence-corrected chi connectivity index (χ0v) is 59.1. The third-order valence-corrected chi connectivity index (χ3v) is 23.7. The molecule has 0 bridgehead atoms. The normalized spacial score (nSPS) is 12.4. The Hall–Kier alpha value is -14.9.